The van der Waals surface area contributed by atoms with E-state index in [9.17, 15) is 9.90 Å². The van der Waals surface area contributed by atoms with Crippen LogP contribution >= 0.6 is 0 Å². The summed E-state index contributed by atoms with van der Waals surface area (Å²) in [5, 5.41) is 9.76. The highest BCUT2D eigenvalue weighted by Crippen LogP contribution is 2.09. The van der Waals surface area contributed by atoms with Crippen molar-refractivity contribution in [2.24, 2.45) is 0 Å². The molecule has 2 nitrogen and oxygen atoms in total. The molecular formula is C15H22O2. The minimum Gasteiger partial charge on any atom is -0.393 e. The second-order valence-electron chi connectivity index (χ2n) is 4.52. The topological polar surface area (TPSA) is 37.3 Å². The van der Waals surface area contributed by atoms with Gasteiger partial charge in [0, 0.05) is 12.8 Å². The molecule has 94 valence electrons. The Morgan fingerprint density at radius 1 is 1.29 bits per heavy atom. The van der Waals surface area contributed by atoms with Crippen LogP contribution in [-0.2, 0) is 11.2 Å². The highest BCUT2D eigenvalue weighted by atomic mass is 16.3. The summed E-state index contributed by atoms with van der Waals surface area (Å²) in [7, 11) is 0. The van der Waals surface area contributed by atoms with Crippen LogP contribution in [0.3, 0.4) is 0 Å². The van der Waals surface area contributed by atoms with Crippen molar-refractivity contribution in [2.75, 3.05) is 0 Å². The third kappa shape index (κ3) is 6.22. The van der Waals surface area contributed by atoms with Crippen LogP contribution in [-0.4, -0.2) is 17.0 Å². The Bertz CT molecular complexity index is 319. The quantitative estimate of drug-likeness (QED) is 0.750. The maximum absolute atomic E-state index is 11.5. The molecule has 0 fully saturated rings. The van der Waals surface area contributed by atoms with E-state index in [4.69, 9.17) is 0 Å². The molecule has 0 spiro atoms. The molecule has 1 rings (SSSR count). The van der Waals surface area contributed by atoms with Crippen molar-refractivity contribution in [1.29, 1.82) is 0 Å². The molecule has 0 amide bonds. The summed E-state index contributed by atoms with van der Waals surface area (Å²) in [4.78, 5) is 11.5. The van der Waals surface area contributed by atoms with Crippen molar-refractivity contribution < 1.29 is 9.90 Å². The predicted octanol–water partition coefficient (Wildman–Crippen LogP) is 3.13. The van der Waals surface area contributed by atoms with Gasteiger partial charge < -0.3 is 5.11 Å². The summed E-state index contributed by atoms with van der Waals surface area (Å²) in [6.45, 7) is 2.07. The molecule has 0 bridgehead atoms. The zero-order valence-electron chi connectivity index (χ0n) is 10.6. The van der Waals surface area contributed by atoms with Gasteiger partial charge >= 0.3 is 0 Å². The third-order valence-corrected chi connectivity index (χ3v) is 2.88. The van der Waals surface area contributed by atoms with Gasteiger partial charge in [-0.15, -0.1) is 0 Å². The number of ketones is 1. The lowest BCUT2D eigenvalue weighted by Crippen LogP contribution is -2.14. The van der Waals surface area contributed by atoms with Crippen LogP contribution in [0.25, 0.3) is 0 Å². The highest BCUT2D eigenvalue weighted by molar-refractivity contribution is 5.78. The summed E-state index contributed by atoms with van der Waals surface area (Å²) >= 11 is 0. The van der Waals surface area contributed by atoms with Crippen molar-refractivity contribution in [3.05, 3.63) is 35.9 Å². The van der Waals surface area contributed by atoms with E-state index in [0.717, 1.165) is 19.3 Å². The first kappa shape index (κ1) is 13.9. The van der Waals surface area contributed by atoms with E-state index in [2.05, 4.69) is 6.92 Å². The molecule has 0 saturated carbocycles. The van der Waals surface area contributed by atoms with Crippen LogP contribution in [0.1, 0.15) is 44.6 Å². The van der Waals surface area contributed by atoms with E-state index in [1.807, 2.05) is 30.3 Å². The van der Waals surface area contributed by atoms with Crippen LogP contribution in [0.15, 0.2) is 30.3 Å². The Kier molecular flexibility index (Phi) is 6.56. The number of unbranched alkanes of at least 4 members (excludes halogenated alkanes) is 1. The van der Waals surface area contributed by atoms with Crippen molar-refractivity contribution in [2.45, 2.75) is 51.6 Å². The summed E-state index contributed by atoms with van der Waals surface area (Å²) in [6, 6.07) is 10.1. The minimum absolute atomic E-state index is 0.187. The number of aliphatic hydroxyl groups is 1. The lowest BCUT2D eigenvalue weighted by Gasteiger charge is -2.09. The van der Waals surface area contributed by atoms with Gasteiger partial charge in [0.1, 0.15) is 5.78 Å². The zero-order valence-corrected chi connectivity index (χ0v) is 10.6. The number of carbonyl (C=O) groups is 1. The molecule has 0 aliphatic heterocycles. The van der Waals surface area contributed by atoms with Crippen LogP contribution in [0.5, 0.6) is 0 Å². The first-order valence-electron chi connectivity index (χ1n) is 6.46. The van der Waals surface area contributed by atoms with Gasteiger partial charge in [0.2, 0.25) is 0 Å². The number of carbonyl (C=O) groups excluding carboxylic acids is 1. The van der Waals surface area contributed by atoms with E-state index >= 15 is 0 Å². The molecule has 0 saturated heterocycles. The molecule has 1 aromatic carbocycles. The molecule has 0 heterocycles. The molecule has 0 aromatic heterocycles. The molecule has 17 heavy (non-hydrogen) atoms. The largest absolute Gasteiger partial charge is 0.393 e. The van der Waals surface area contributed by atoms with E-state index in [-0.39, 0.29) is 5.78 Å². The van der Waals surface area contributed by atoms with Gasteiger partial charge in [-0.2, -0.15) is 0 Å². The van der Waals surface area contributed by atoms with E-state index in [1.165, 1.54) is 5.56 Å². The number of hydrogen-bond acceptors (Lipinski definition) is 2. The molecule has 1 atom stereocenters. The fraction of sp³-hybridized carbons (Fsp3) is 0.533. The number of rotatable bonds is 8. The molecule has 0 aliphatic carbocycles. The molecule has 0 radical (unpaired) electrons. The van der Waals surface area contributed by atoms with Gasteiger partial charge in [-0.25, -0.2) is 0 Å². The van der Waals surface area contributed by atoms with Crippen molar-refractivity contribution in [3.63, 3.8) is 0 Å². The first-order valence-corrected chi connectivity index (χ1v) is 6.46. The van der Waals surface area contributed by atoms with Gasteiger partial charge in [-0.1, -0.05) is 43.7 Å². The SMILES string of the molecule is CCCCC(=O)C[C@H](O)CCc1ccccc1. The number of Topliss-reactive ketones (excluding diaryl/α,β-unsaturated/α-hetero) is 1. The number of benzene rings is 1. The zero-order chi connectivity index (χ0) is 12.5. The predicted molar refractivity (Wildman–Crippen MR) is 69.9 cm³/mol. The van der Waals surface area contributed by atoms with Crippen LogP contribution in [0.4, 0.5) is 0 Å². The molecule has 0 unspecified atom stereocenters. The summed E-state index contributed by atoms with van der Waals surface area (Å²) in [6.07, 6.45) is 3.91. The summed E-state index contributed by atoms with van der Waals surface area (Å²) < 4.78 is 0. The third-order valence-electron chi connectivity index (χ3n) is 2.88. The molecular weight excluding hydrogens is 212 g/mol. The van der Waals surface area contributed by atoms with Gasteiger partial charge in [0.15, 0.2) is 0 Å². The Balaban J connectivity index is 2.21. The minimum atomic E-state index is -0.487. The Hall–Kier alpha value is -1.15. The number of aryl methyl sites for hydroxylation is 1. The maximum atomic E-state index is 11.5. The van der Waals surface area contributed by atoms with Gasteiger partial charge in [-0.05, 0) is 24.8 Å². The van der Waals surface area contributed by atoms with E-state index in [1.54, 1.807) is 0 Å². The molecule has 1 N–H and O–H groups in total. The Labute approximate surface area is 104 Å². The second-order valence-corrected chi connectivity index (χ2v) is 4.52. The van der Waals surface area contributed by atoms with Gasteiger partial charge in [-0.3, -0.25) is 4.79 Å². The lowest BCUT2D eigenvalue weighted by molar-refractivity contribution is -0.121. The maximum Gasteiger partial charge on any atom is 0.135 e. The standard InChI is InChI=1S/C15H22O2/c1-2-3-9-14(16)12-15(17)11-10-13-7-5-4-6-8-13/h4-8,15,17H,2-3,9-12H2,1H3/t15-/m1/s1. The molecule has 1 aromatic rings. The second kappa shape index (κ2) is 8.02. The van der Waals surface area contributed by atoms with Crippen LogP contribution in [0.2, 0.25) is 0 Å². The first-order chi connectivity index (χ1) is 8.22. The fourth-order valence-corrected chi connectivity index (χ4v) is 1.82. The fourth-order valence-electron chi connectivity index (χ4n) is 1.82. The summed E-state index contributed by atoms with van der Waals surface area (Å²) in [5.74, 6) is 0.187. The van der Waals surface area contributed by atoms with Crippen molar-refractivity contribution in [1.82, 2.24) is 0 Å². The Morgan fingerprint density at radius 3 is 2.65 bits per heavy atom. The van der Waals surface area contributed by atoms with E-state index < -0.39 is 6.10 Å². The van der Waals surface area contributed by atoms with Crippen molar-refractivity contribution >= 4 is 5.78 Å². The molecule has 0 aliphatic rings. The Morgan fingerprint density at radius 2 is 2.00 bits per heavy atom. The normalized spacial score (nSPS) is 12.4. The highest BCUT2D eigenvalue weighted by Gasteiger charge is 2.10. The summed E-state index contributed by atoms with van der Waals surface area (Å²) in [5.41, 5.74) is 1.22. The van der Waals surface area contributed by atoms with E-state index in [0.29, 0.717) is 19.3 Å². The molecule has 2 heteroatoms. The average Bonchev–Trinajstić information content (AvgIpc) is 2.35. The van der Waals surface area contributed by atoms with Crippen LogP contribution < -0.4 is 0 Å². The van der Waals surface area contributed by atoms with Crippen LogP contribution in [0, 0.1) is 0 Å². The average molecular weight is 234 g/mol. The lowest BCUT2D eigenvalue weighted by atomic mass is 10.0. The number of aliphatic hydroxyl groups excluding tert-OH is 1. The van der Waals surface area contributed by atoms with Gasteiger partial charge in [0.05, 0.1) is 6.10 Å². The van der Waals surface area contributed by atoms with Crippen molar-refractivity contribution in [3.8, 4) is 0 Å². The van der Waals surface area contributed by atoms with Gasteiger partial charge in [0.25, 0.3) is 0 Å². The smallest absolute Gasteiger partial charge is 0.135 e. The number of hydrogen-bond donors (Lipinski definition) is 1. The monoisotopic (exact) mass is 234 g/mol.